The molecule has 17 heavy (non-hydrogen) atoms. The maximum Gasteiger partial charge on any atom is 0.416 e. The molecule has 7 heteroatoms. The molecule has 0 saturated carbocycles. The molecule has 0 atom stereocenters. The van der Waals surface area contributed by atoms with E-state index in [1.165, 1.54) is 23.4 Å². The van der Waals surface area contributed by atoms with E-state index in [1.807, 2.05) is 0 Å². The molecule has 1 aromatic carbocycles. The van der Waals surface area contributed by atoms with Crippen molar-refractivity contribution in [3.8, 4) is 5.69 Å². The smallest absolute Gasteiger partial charge is 0.326 e. The van der Waals surface area contributed by atoms with Gasteiger partial charge in [0.1, 0.15) is 12.7 Å². The first-order chi connectivity index (χ1) is 8.02. The normalized spacial score (nSPS) is 11.8. The van der Waals surface area contributed by atoms with Gasteiger partial charge in [0.15, 0.2) is 0 Å². The summed E-state index contributed by atoms with van der Waals surface area (Å²) < 4.78 is 38.9. The zero-order valence-electron chi connectivity index (χ0n) is 8.65. The fourth-order valence-corrected chi connectivity index (χ4v) is 1.48. The molecule has 0 aliphatic rings. The number of rotatable bonds is 2. The Kier molecular flexibility index (Phi) is 2.84. The third-order valence-corrected chi connectivity index (χ3v) is 2.29. The summed E-state index contributed by atoms with van der Waals surface area (Å²) in [4.78, 5) is 3.73. The van der Waals surface area contributed by atoms with Crippen molar-refractivity contribution in [1.29, 1.82) is 0 Å². The van der Waals surface area contributed by atoms with Crippen LogP contribution in [0, 0.1) is 0 Å². The van der Waals surface area contributed by atoms with E-state index in [1.54, 1.807) is 0 Å². The van der Waals surface area contributed by atoms with E-state index < -0.39 is 11.7 Å². The first-order valence-corrected chi connectivity index (χ1v) is 4.77. The van der Waals surface area contributed by atoms with Crippen molar-refractivity contribution in [2.75, 3.05) is 0 Å². The molecule has 0 spiro atoms. The minimum atomic E-state index is -4.37. The van der Waals surface area contributed by atoms with Gasteiger partial charge in [0.05, 0.1) is 11.3 Å². The van der Waals surface area contributed by atoms with Crippen LogP contribution in [0.1, 0.15) is 11.1 Å². The van der Waals surface area contributed by atoms with Crippen molar-refractivity contribution in [3.05, 3.63) is 42.0 Å². The second-order valence-electron chi connectivity index (χ2n) is 3.39. The Hall–Kier alpha value is -1.89. The minimum absolute atomic E-state index is 0.000880. The summed E-state index contributed by atoms with van der Waals surface area (Å²) in [7, 11) is 0. The molecule has 90 valence electrons. The molecule has 2 rings (SSSR count). The van der Waals surface area contributed by atoms with Crippen LogP contribution in [0.2, 0.25) is 0 Å². The fourth-order valence-electron chi connectivity index (χ4n) is 1.48. The van der Waals surface area contributed by atoms with Crippen LogP contribution in [0.4, 0.5) is 13.2 Å². The van der Waals surface area contributed by atoms with Crippen LogP contribution in [0.5, 0.6) is 0 Å². The topological polar surface area (TPSA) is 56.7 Å². The minimum Gasteiger partial charge on any atom is -0.326 e. The Bertz CT molecular complexity index is 505. The highest BCUT2D eigenvalue weighted by Crippen LogP contribution is 2.31. The van der Waals surface area contributed by atoms with Gasteiger partial charge in [-0.25, -0.2) is 9.67 Å². The maximum absolute atomic E-state index is 12.5. The fraction of sp³-hybridized carbons (Fsp3) is 0.200. The zero-order chi connectivity index (χ0) is 12.5. The number of nitrogens with zero attached hydrogens (tertiary/aromatic N) is 3. The molecule has 1 aromatic heterocycles. The van der Waals surface area contributed by atoms with E-state index in [4.69, 9.17) is 5.73 Å². The van der Waals surface area contributed by atoms with E-state index >= 15 is 0 Å². The van der Waals surface area contributed by atoms with Crippen LogP contribution < -0.4 is 5.73 Å². The largest absolute Gasteiger partial charge is 0.416 e. The molecule has 1 heterocycles. The number of nitrogens with two attached hydrogens (primary N) is 1. The van der Waals surface area contributed by atoms with Crippen molar-refractivity contribution in [2.45, 2.75) is 12.7 Å². The zero-order valence-corrected chi connectivity index (χ0v) is 8.65. The van der Waals surface area contributed by atoms with Crippen LogP contribution in [-0.4, -0.2) is 14.8 Å². The lowest BCUT2D eigenvalue weighted by Crippen LogP contribution is -2.10. The summed E-state index contributed by atoms with van der Waals surface area (Å²) in [5.74, 6) is 0. The summed E-state index contributed by atoms with van der Waals surface area (Å²) in [5, 5.41) is 3.86. The Balaban J connectivity index is 2.50. The van der Waals surface area contributed by atoms with E-state index in [0.29, 0.717) is 11.3 Å². The second-order valence-corrected chi connectivity index (χ2v) is 3.39. The van der Waals surface area contributed by atoms with Gasteiger partial charge in [0.2, 0.25) is 0 Å². The van der Waals surface area contributed by atoms with E-state index in [9.17, 15) is 13.2 Å². The first-order valence-electron chi connectivity index (χ1n) is 4.77. The monoisotopic (exact) mass is 242 g/mol. The first kappa shape index (κ1) is 11.6. The number of halogens is 3. The Labute approximate surface area is 94.9 Å². The van der Waals surface area contributed by atoms with Crippen molar-refractivity contribution in [2.24, 2.45) is 5.73 Å². The number of benzene rings is 1. The third kappa shape index (κ3) is 2.28. The van der Waals surface area contributed by atoms with Crippen molar-refractivity contribution in [3.63, 3.8) is 0 Å². The number of hydrogen-bond acceptors (Lipinski definition) is 3. The summed E-state index contributed by atoms with van der Waals surface area (Å²) >= 11 is 0. The lowest BCUT2D eigenvalue weighted by Gasteiger charge is -2.11. The van der Waals surface area contributed by atoms with Crippen LogP contribution in [0.25, 0.3) is 5.69 Å². The van der Waals surface area contributed by atoms with Crippen LogP contribution in [-0.2, 0) is 12.7 Å². The van der Waals surface area contributed by atoms with Crippen LogP contribution in [0.15, 0.2) is 30.9 Å². The molecule has 0 aliphatic heterocycles. The second kappa shape index (κ2) is 4.17. The van der Waals surface area contributed by atoms with Gasteiger partial charge in [-0.1, -0.05) is 0 Å². The molecule has 0 radical (unpaired) electrons. The summed E-state index contributed by atoms with van der Waals surface area (Å²) in [6.45, 7) is -0.000880. The lowest BCUT2D eigenvalue weighted by molar-refractivity contribution is -0.137. The van der Waals surface area contributed by atoms with Crippen molar-refractivity contribution in [1.82, 2.24) is 14.8 Å². The van der Waals surface area contributed by atoms with Crippen molar-refractivity contribution < 1.29 is 13.2 Å². The predicted molar refractivity (Wildman–Crippen MR) is 54.3 cm³/mol. The average molecular weight is 242 g/mol. The van der Waals surface area contributed by atoms with Gasteiger partial charge in [-0.05, 0) is 23.8 Å². The molecule has 2 aromatic rings. The molecule has 0 unspecified atom stereocenters. The van der Waals surface area contributed by atoms with Crippen LogP contribution >= 0.6 is 0 Å². The van der Waals surface area contributed by atoms with E-state index in [2.05, 4.69) is 10.1 Å². The number of alkyl halides is 3. The van der Waals surface area contributed by atoms with E-state index in [0.717, 1.165) is 12.1 Å². The average Bonchev–Trinajstić information content (AvgIpc) is 2.80. The van der Waals surface area contributed by atoms with E-state index in [-0.39, 0.29) is 6.54 Å². The van der Waals surface area contributed by atoms with Gasteiger partial charge in [0, 0.05) is 6.54 Å². The number of aromatic nitrogens is 3. The Morgan fingerprint density at radius 3 is 2.59 bits per heavy atom. The predicted octanol–water partition coefficient (Wildman–Crippen LogP) is 1.74. The molecule has 0 amide bonds. The van der Waals surface area contributed by atoms with Gasteiger partial charge < -0.3 is 5.73 Å². The van der Waals surface area contributed by atoms with Gasteiger partial charge in [0.25, 0.3) is 0 Å². The van der Waals surface area contributed by atoms with Gasteiger partial charge in [-0.2, -0.15) is 18.3 Å². The van der Waals surface area contributed by atoms with Gasteiger partial charge in [-0.15, -0.1) is 0 Å². The highest BCUT2D eigenvalue weighted by atomic mass is 19.4. The summed E-state index contributed by atoms with van der Waals surface area (Å²) in [6, 6.07) is 3.35. The maximum atomic E-state index is 12.5. The molecule has 2 N–H and O–H groups in total. The molecule has 0 fully saturated rings. The lowest BCUT2D eigenvalue weighted by atomic mass is 10.1. The molecule has 0 aliphatic carbocycles. The molecule has 0 saturated heterocycles. The number of hydrogen-bond donors (Lipinski definition) is 1. The standard InChI is InChI=1S/C10H9F3N4/c11-10(12,13)8-1-2-9(7(3-8)4-14)17-6-15-5-16-17/h1-3,5-6H,4,14H2. The molecular weight excluding hydrogens is 233 g/mol. The summed E-state index contributed by atoms with van der Waals surface area (Å²) in [5.41, 5.74) is 5.58. The molecular formula is C10H9F3N4. The molecule has 0 bridgehead atoms. The van der Waals surface area contributed by atoms with Crippen LogP contribution in [0.3, 0.4) is 0 Å². The van der Waals surface area contributed by atoms with Crippen molar-refractivity contribution >= 4 is 0 Å². The van der Waals surface area contributed by atoms with Gasteiger partial charge >= 0.3 is 6.18 Å². The quantitative estimate of drug-likeness (QED) is 0.872. The SMILES string of the molecule is NCc1cc(C(F)(F)F)ccc1-n1cncn1. The Morgan fingerprint density at radius 1 is 1.29 bits per heavy atom. The van der Waals surface area contributed by atoms with Gasteiger partial charge in [-0.3, -0.25) is 0 Å². The highest BCUT2D eigenvalue weighted by Gasteiger charge is 2.30. The molecule has 4 nitrogen and oxygen atoms in total. The Morgan fingerprint density at radius 2 is 2.06 bits per heavy atom. The highest BCUT2D eigenvalue weighted by molar-refractivity contribution is 5.43. The third-order valence-electron chi connectivity index (χ3n) is 2.29. The summed E-state index contributed by atoms with van der Waals surface area (Å²) in [6.07, 6.45) is -1.66.